The third-order valence-electron chi connectivity index (χ3n) is 3.01. The van der Waals surface area contributed by atoms with Gasteiger partial charge in [0.1, 0.15) is 0 Å². The summed E-state index contributed by atoms with van der Waals surface area (Å²) in [5, 5.41) is 11.0. The highest BCUT2D eigenvalue weighted by molar-refractivity contribution is 9.10. The zero-order valence-corrected chi connectivity index (χ0v) is 13.1. The van der Waals surface area contributed by atoms with Crippen molar-refractivity contribution in [1.82, 2.24) is 4.31 Å². The minimum absolute atomic E-state index is 0.188. The van der Waals surface area contributed by atoms with Crippen LogP contribution in [-0.2, 0) is 14.8 Å². The van der Waals surface area contributed by atoms with Crippen LogP contribution in [0, 0.1) is 10.1 Å². The monoisotopic (exact) mass is 364 g/mol. The van der Waals surface area contributed by atoms with Crippen molar-refractivity contribution >= 4 is 31.6 Å². The number of ether oxygens (including phenoxy) is 1. The second kappa shape index (κ2) is 5.76. The maximum Gasteiger partial charge on any atom is 0.289 e. The van der Waals surface area contributed by atoms with E-state index in [1.54, 1.807) is 6.92 Å². The minimum atomic E-state index is -3.93. The van der Waals surface area contributed by atoms with Crippen LogP contribution in [0.4, 0.5) is 5.69 Å². The molecule has 0 radical (unpaired) electrons. The van der Waals surface area contributed by atoms with Crippen LogP contribution >= 0.6 is 15.9 Å². The Morgan fingerprint density at radius 1 is 1.50 bits per heavy atom. The van der Waals surface area contributed by atoms with Gasteiger partial charge in [0.25, 0.3) is 5.69 Å². The van der Waals surface area contributed by atoms with Crippen LogP contribution in [0.1, 0.15) is 6.92 Å². The van der Waals surface area contributed by atoms with Gasteiger partial charge in [0.05, 0.1) is 18.1 Å². The SMILES string of the molecule is CC1COCCN1S(=O)(=O)c1cc(Br)ccc1[N+](=O)[O-]. The molecular weight excluding hydrogens is 352 g/mol. The van der Waals surface area contributed by atoms with E-state index in [9.17, 15) is 18.5 Å². The fourth-order valence-electron chi connectivity index (χ4n) is 2.04. The van der Waals surface area contributed by atoms with Gasteiger partial charge in [0.15, 0.2) is 4.90 Å². The molecule has 0 saturated carbocycles. The van der Waals surface area contributed by atoms with E-state index in [0.29, 0.717) is 4.47 Å². The summed E-state index contributed by atoms with van der Waals surface area (Å²) in [5.41, 5.74) is -0.424. The maximum absolute atomic E-state index is 12.6. The predicted molar refractivity (Wildman–Crippen MR) is 75.0 cm³/mol. The molecule has 2 rings (SSSR count). The summed E-state index contributed by atoms with van der Waals surface area (Å²) in [6.07, 6.45) is 0. The summed E-state index contributed by atoms with van der Waals surface area (Å²) in [7, 11) is -3.93. The molecule has 20 heavy (non-hydrogen) atoms. The standard InChI is InChI=1S/C11H13BrN2O5S/c1-8-7-19-5-4-13(8)20(17,18)11-6-9(12)2-3-10(11)14(15)16/h2-3,6,8H,4-5,7H2,1H3. The molecule has 0 aromatic heterocycles. The van der Waals surface area contributed by atoms with Gasteiger partial charge < -0.3 is 4.74 Å². The van der Waals surface area contributed by atoms with Crippen LogP contribution in [0.5, 0.6) is 0 Å². The van der Waals surface area contributed by atoms with Crippen molar-refractivity contribution < 1.29 is 18.1 Å². The number of nitro benzene ring substituents is 1. The predicted octanol–water partition coefficient (Wildman–Crippen LogP) is 1.77. The number of morpholine rings is 1. The molecule has 0 spiro atoms. The zero-order chi connectivity index (χ0) is 14.9. The summed E-state index contributed by atoms with van der Waals surface area (Å²) in [5.74, 6) is 0. The van der Waals surface area contributed by atoms with Crippen LogP contribution < -0.4 is 0 Å². The molecule has 1 aliphatic rings. The molecular formula is C11H13BrN2O5S. The first-order chi connectivity index (χ1) is 9.34. The number of benzene rings is 1. The number of sulfonamides is 1. The van der Waals surface area contributed by atoms with Crippen molar-refractivity contribution in [2.75, 3.05) is 19.8 Å². The molecule has 1 aromatic carbocycles. The van der Waals surface area contributed by atoms with Crippen LogP contribution in [0.15, 0.2) is 27.6 Å². The molecule has 1 saturated heterocycles. The molecule has 0 amide bonds. The summed E-state index contributed by atoms with van der Waals surface area (Å²) < 4.78 is 32.2. The molecule has 0 aliphatic carbocycles. The van der Waals surface area contributed by atoms with Crippen LogP contribution in [0.3, 0.4) is 0 Å². The van der Waals surface area contributed by atoms with Crippen LogP contribution in [-0.4, -0.2) is 43.4 Å². The van der Waals surface area contributed by atoms with Gasteiger partial charge in [-0.05, 0) is 19.1 Å². The van der Waals surface area contributed by atoms with Crippen LogP contribution in [0.2, 0.25) is 0 Å². The Morgan fingerprint density at radius 2 is 2.20 bits per heavy atom. The lowest BCUT2D eigenvalue weighted by Gasteiger charge is -2.32. The second-order valence-corrected chi connectivity index (χ2v) is 7.18. The molecule has 1 unspecified atom stereocenters. The van der Waals surface area contributed by atoms with Gasteiger partial charge in [0, 0.05) is 23.1 Å². The quantitative estimate of drug-likeness (QED) is 0.602. The summed E-state index contributed by atoms with van der Waals surface area (Å²) in [6.45, 7) is 2.46. The molecule has 110 valence electrons. The molecule has 1 aromatic rings. The number of hydrogen-bond donors (Lipinski definition) is 0. The normalized spacial score (nSPS) is 20.8. The van der Waals surface area contributed by atoms with E-state index in [4.69, 9.17) is 4.74 Å². The first-order valence-electron chi connectivity index (χ1n) is 5.87. The van der Waals surface area contributed by atoms with E-state index in [0.717, 1.165) is 0 Å². The largest absolute Gasteiger partial charge is 0.378 e. The Hall–Kier alpha value is -1.03. The molecule has 7 nitrogen and oxygen atoms in total. The highest BCUT2D eigenvalue weighted by Gasteiger charge is 2.36. The molecule has 0 N–H and O–H groups in total. The Balaban J connectivity index is 2.53. The first-order valence-corrected chi connectivity index (χ1v) is 8.11. The Kier molecular flexibility index (Phi) is 4.43. The van der Waals surface area contributed by atoms with Gasteiger partial charge in [-0.1, -0.05) is 15.9 Å². The van der Waals surface area contributed by atoms with Crippen molar-refractivity contribution in [2.24, 2.45) is 0 Å². The van der Waals surface area contributed by atoms with Gasteiger partial charge >= 0.3 is 0 Å². The molecule has 9 heteroatoms. The third kappa shape index (κ3) is 2.85. The Morgan fingerprint density at radius 3 is 2.80 bits per heavy atom. The van der Waals surface area contributed by atoms with E-state index >= 15 is 0 Å². The summed E-state index contributed by atoms with van der Waals surface area (Å²) in [6, 6.07) is 3.53. The van der Waals surface area contributed by atoms with Gasteiger partial charge in [-0.2, -0.15) is 4.31 Å². The number of rotatable bonds is 3. The second-order valence-electron chi connectivity index (χ2n) is 4.41. The third-order valence-corrected chi connectivity index (χ3v) is 5.55. The Labute approximate surface area is 124 Å². The zero-order valence-electron chi connectivity index (χ0n) is 10.7. The van der Waals surface area contributed by atoms with Gasteiger partial charge in [0.2, 0.25) is 10.0 Å². The topological polar surface area (TPSA) is 89.8 Å². The lowest BCUT2D eigenvalue weighted by Crippen LogP contribution is -2.47. The fraction of sp³-hybridized carbons (Fsp3) is 0.455. The number of nitrogens with zero attached hydrogens (tertiary/aromatic N) is 2. The lowest BCUT2D eigenvalue weighted by atomic mass is 10.3. The highest BCUT2D eigenvalue weighted by atomic mass is 79.9. The number of nitro groups is 1. The number of halogens is 1. The molecule has 1 aliphatic heterocycles. The fourth-order valence-corrected chi connectivity index (χ4v) is 4.34. The van der Waals surface area contributed by atoms with Crippen molar-refractivity contribution in [3.05, 3.63) is 32.8 Å². The minimum Gasteiger partial charge on any atom is -0.378 e. The van der Waals surface area contributed by atoms with Gasteiger partial charge in [-0.3, -0.25) is 10.1 Å². The van der Waals surface area contributed by atoms with Gasteiger partial charge in [-0.15, -0.1) is 0 Å². The van der Waals surface area contributed by atoms with Crippen molar-refractivity contribution in [2.45, 2.75) is 17.9 Å². The van der Waals surface area contributed by atoms with Crippen LogP contribution in [0.25, 0.3) is 0 Å². The van der Waals surface area contributed by atoms with Crippen molar-refractivity contribution in [3.63, 3.8) is 0 Å². The van der Waals surface area contributed by atoms with Gasteiger partial charge in [-0.25, -0.2) is 8.42 Å². The van der Waals surface area contributed by atoms with E-state index < -0.39 is 20.6 Å². The average molecular weight is 365 g/mol. The maximum atomic E-state index is 12.6. The van der Waals surface area contributed by atoms with Crippen molar-refractivity contribution in [1.29, 1.82) is 0 Å². The smallest absolute Gasteiger partial charge is 0.289 e. The number of hydrogen-bond acceptors (Lipinski definition) is 5. The summed E-state index contributed by atoms with van der Waals surface area (Å²) >= 11 is 3.15. The van der Waals surface area contributed by atoms with E-state index in [1.165, 1.54) is 22.5 Å². The molecule has 0 bridgehead atoms. The first kappa shape index (κ1) is 15.4. The molecule has 1 atom stereocenters. The van der Waals surface area contributed by atoms with Crippen molar-refractivity contribution in [3.8, 4) is 0 Å². The lowest BCUT2D eigenvalue weighted by molar-refractivity contribution is -0.387. The van der Waals surface area contributed by atoms with E-state index in [-0.39, 0.29) is 30.7 Å². The molecule has 1 heterocycles. The summed E-state index contributed by atoms with van der Waals surface area (Å²) in [4.78, 5) is 10.0. The van der Waals surface area contributed by atoms with E-state index in [2.05, 4.69) is 15.9 Å². The highest BCUT2D eigenvalue weighted by Crippen LogP contribution is 2.31. The average Bonchev–Trinajstić information content (AvgIpc) is 2.38. The van der Waals surface area contributed by atoms with E-state index in [1.807, 2.05) is 0 Å². The Bertz CT molecular complexity index is 634. The molecule has 1 fully saturated rings.